The summed E-state index contributed by atoms with van der Waals surface area (Å²) in [7, 11) is 1.85. The first-order valence-electron chi connectivity index (χ1n) is 9.10. The van der Waals surface area contributed by atoms with Gasteiger partial charge in [0.15, 0.2) is 0 Å². The predicted octanol–water partition coefficient (Wildman–Crippen LogP) is 1.81. The molecule has 1 aliphatic heterocycles. The number of nitrogens with zero attached hydrogens (tertiary/aromatic N) is 3. The number of primary amides is 1. The van der Waals surface area contributed by atoms with E-state index in [-0.39, 0.29) is 23.7 Å². The Morgan fingerprint density at radius 1 is 1.25 bits per heavy atom. The lowest BCUT2D eigenvalue weighted by Crippen LogP contribution is -2.32. The summed E-state index contributed by atoms with van der Waals surface area (Å²) in [6, 6.07) is 0. The van der Waals surface area contributed by atoms with Crippen molar-refractivity contribution in [3.63, 3.8) is 0 Å². The van der Waals surface area contributed by atoms with Crippen molar-refractivity contribution in [2.45, 2.75) is 50.9 Å². The Balaban J connectivity index is 1.59. The zero-order chi connectivity index (χ0) is 17.1. The van der Waals surface area contributed by atoms with E-state index in [1.54, 1.807) is 10.9 Å². The summed E-state index contributed by atoms with van der Waals surface area (Å²) < 4.78 is 1.72. The fourth-order valence-electron chi connectivity index (χ4n) is 4.23. The molecule has 0 unspecified atom stereocenters. The third kappa shape index (κ3) is 3.79. The molecule has 2 atom stereocenters. The number of amides is 2. The van der Waals surface area contributed by atoms with Crippen LogP contribution in [0.25, 0.3) is 0 Å². The van der Waals surface area contributed by atoms with Gasteiger partial charge in [0, 0.05) is 38.7 Å². The van der Waals surface area contributed by atoms with E-state index in [1.165, 1.54) is 32.1 Å². The molecule has 2 heterocycles. The molecule has 0 bridgehead atoms. The van der Waals surface area contributed by atoms with E-state index in [1.807, 2.05) is 18.1 Å². The zero-order valence-electron chi connectivity index (χ0n) is 14.5. The highest BCUT2D eigenvalue weighted by atomic mass is 16.2. The molecule has 1 aromatic heterocycles. The van der Waals surface area contributed by atoms with Crippen LogP contribution in [-0.4, -0.2) is 39.6 Å². The van der Waals surface area contributed by atoms with Crippen LogP contribution in [-0.2, 0) is 16.6 Å². The molecular formula is C18H28N4O2. The SMILES string of the molecule is Cn1cc([C@H]2CN(C(=O)CCC3CCCCC3)C[C@@H]2C(N)=O)cn1. The van der Waals surface area contributed by atoms with Gasteiger partial charge < -0.3 is 10.6 Å². The van der Waals surface area contributed by atoms with Crippen LogP contribution in [0.3, 0.4) is 0 Å². The van der Waals surface area contributed by atoms with Gasteiger partial charge in [-0.05, 0) is 17.9 Å². The van der Waals surface area contributed by atoms with Crippen LogP contribution < -0.4 is 5.73 Å². The van der Waals surface area contributed by atoms with E-state index in [0.717, 1.165) is 12.0 Å². The molecule has 1 aliphatic carbocycles. The molecule has 1 aromatic rings. The molecule has 0 aromatic carbocycles. The lowest BCUT2D eigenvalue weighted by atomic mass is 9.86. The van der Waals surface area contributed by atoms with Gasteiger partial charge in [-0.3, -0.25) is 14.3 Å². The maximum Gasteiger partial charge on any atom is 0.223 e. The molecule has 1 saturated carbocycles. The van der Waals surface area contributed by atoms with Crippen molar-refractivity contribution in [3.05, 3.63) is 18.0 Å². The Bertz CT molecular complexity index is 592. The van der Waals surface area contributed by atoms with Gasteiger partial charge in [0.25, 0.3) is 0 Å². The standard InChI is InChI=1S/C18H28N4O2/c1-21-10-14(9-20-21)15-11-22(12-16(15)18(19)24)17(23)8-7-13-5-3-2-4-6-13/h9-10,13,15-16H,2-8,11-12H2,1H3,(H2,19,24)/t15-,16+/m1/s1. The number of aryl methyl sites for hydroxylation is 1. The second-order valence-corrected chi connectivity index (χ2v) is 7.40. The Hall–Kier alpha value is -1.85. The first-order valence-corrected chi connectivity index (χ1v) is 9.10. The molecule has 2 N–H and O–H groups in total. The lowest BCUT2D eigenvalue weighted by Gasteiger charge is -2.22. The summed E-state index contributed by atoms with van der Waals surface area (Å²) in [6.07, 6.45) is 11.7. The van der Waals surface area contributed by atoms with E-state index in [9.17, 15) is 9.59 Å². The largest absolute Gasteiger partial charge is 0.369 e. The van der Waals surface area contributed by atoms with Gasteiger partial charge in [-0.15, -0.1) is 0 Å². The average Bonchev–Trinajstić information content (AvgIpc) is 3.20. The minimum absolute atomic E-state index is 0.0326. The van der Waals surface area contributed by atoms with Crippen molar-refractivity contribution in [1.29, 1.82) is 0 Å². The molecule has 0 spiro atoms. The summed E-state index contributed by atoms with van der Waals surface area (Å²) >= 11 is 0. The Morgan fingerprint density at radius 2 is 2.00 bits per heavy atom. The third-order valence-electron chi connectivity index (χ3n) is 5.68. The van der Waals surface area contributed by atoms with Crippen LogP contribution in [0.1, 0.15) is 56.4 Å². The van der Waals surface area contributed by atoms with Gasteiger partial charge in [0.1, 0.15) is 0 Å². The summed E-state index contributed by atoms with van der Waals surface area (Å²) in [5, 5.41) is 4.18. The number of hydrogen-bond donors (Lipinski definition) is 1. The average molecular weight is 332 g/mol. The first-order chi connectivity index (χ1) is 11.5. The Kier molecular flexibility index (Phi) is 5.21. The number of nitrogens with two attached hydrogens (primary N) is 1. The molecule has 6 nitrogen and oxygen atoms in total. The predicted molar refractivity (Wildman–Crippen MR) is 91.0 cm³/mol. The number of carbonyl (C=O) groups is 2. The minimum Gasteiger partial charge on any atom is -0.369 e. The smallest absolute Gasteiger partial charge is 0.223 e. The topological polar surface area (TPSA) is 81.2 Å². The highest BCUT2D eigenvalue weighted by molar-refractivity contribution is 5.82. The van der Waals surface area contributed by atoms with Crippen molar-refractivity contribution >= 4 is 11.8 Å². The lowest BCUT2D eigenvalue weighted by molar-refractivity contribution is -0.130. The van der Waals surface area contributed by atoms with E-state index in [0.29, 0.717) is 25.4 Å². The fourth-order valence-corrected chi connectivity index (χ4v) is 4.23. The molecular weight excluding hydrogens is 304 g/mol. The molecule has 0 radical (unpaired) electrons. The summed E-state index contributed by atoms with van der Waals surface area (Å²) in [5.74, 6) is 0.193. The van der Waals surface area contributed by atoms with Crippen molar-refractivity contribution < 1.29 is 9.59 Å². The molecule has 2 fully saturated rings. The van der Waals surface area contributed by atoms with Gasteiger partial charge in [0.2, 0.25) is 11.8 Å². The van der Waals surface area contributed by atoms with Crippen molar-refractivity contribution in [2.75, 3.05) is 13.1 Å². The molecule has 132 valence electrons. The number of rotatable bonds is 5. The summed E-state index contributed by atoms with van der Waals surface area (Å²) in [4.78, 5) is 26.2. The van der Waals surface area contributed by atoms with Crippen LogP contribution in [0.5, 0.6) is 0 Å². The monoisotopic (exact) mass is 332 g/mol. The number of carbonyl (C=O) groups excluding carboxylic acids is 2. The summed E-state index contributed by atoms with van der Waals surface area (Å²) in [5.41, 5.74) is 6.57. The van der Waals surface area contributed by atoms with Crippen molar-refractivity contribution in [2.24, 2.45) is 24.6 Å². The second-order valence-electron chi connectivity index (χ2n) is 7.40. The fraction of sp³-hybridized carbons (Fsp3) is 0.722. The van der Waals surface area contributed by atoms with Gasteiger partial charge in [-0.1, -0.05) is 32.1 Å². The molecule has 1 saturated heterocycles. The first kappa shape index (κ1) is 17.0. The van der Waals surface area contributed by atoms with E-state index >= 15 is 0 Å². The van der Waals surface area contributed by atoms with Gasteiger partial charge in [0.05, 0.1) is 12.1 Å². The van der Waals surface area contributed by atoms with Crippen LogP contribution in [0, 0.1) is 11.8 Å². The normalized spacial score (nSPS) is 25.1. The molecule has 24 heavy (non-hydrogen) atoms. The van der Waals surface area contributed by atoms with Crippen molar-refractivity contribution in [3.8, 4) is 0 Å². The zero-order valence-corrected chi connectivity index (χ0v) is 14.5. The highest BCUT2D eigenvalue weighted by Crippen LogP contribution is 2.33. The Morgan fingerprint density at radius 3 is 2.62 bits per heavy atom. The minimum atomic E-state index is -0.327. The van der Waals surface area contributed by atoms with Gasteiger partial charge in [-0.25, -0.2) is 0 Å². The highest BCUT2D eigenvalue weighted by Gasteiger charge is 2.39. The van der Waals surface area contributed by atoms with Crippen LogP contribution in [0.4, 0.5) is 0 Å². The number of likely N-dealkylation sites (tertiary alicyclic amines) is 1. The number of aromatic nitrogens is 2. The van der Waals surface area contributed by atoms with E-state index in [4.69, 9.17) is 5.73 Å². The Labute approximate surface area is 143 Å². The van der Waals surface area contributed by atoms with Crippen LogP contribution in [0.15, 0.2) is 12.4 Å². The van der Waals surface area contributed by atoms with Gasteiger partial charge >= 0.3 is 0 Å². The number of hydrogen-bond acceptors (Lipinski definition) is 3. The maximum atomic E-state index is 12.6. The quantitative estimate of drug-likeness (QED) is 0.893. The second kappa shape index (κ2) is 7.36. The van der Waals surface area contributed by atoms with Crippen molar-refractivity contribution in [1.82, 2.24) is 14.7 Å². The van der Waals surface area contributed by atoms with Crippen LogP contribution in [0.2, 0.25) is 0 Å². The molecule has 3 rings (SSSR count). The molecule has 2 aliphatic rings. The summed E-state index contributed by atoms with van der Waals surface area (Å²) in [6.45, 7) is 1.02. The molecule has 2 amide bonds. The van der Waals surface area contributed by atoms with E-state index in [2.05, 4.69) is 5.10 Å². The van der Waals surface area contributed by atoms with E-state index < -0.39 is 0 Å². The molecule has 6 heteroatoms. The van der Waals surface area contributed by atoms with Gasteiger partial charge in [-0.2, -0.15) is 5.10 Å². The van der Waals surface area contributed by atoms with Crippen LogP contribution >= 0.6 is 0 Å². The maximum absolute atomic E-state index is 12.6. The third-order valence-corrected chi connectivity index (χ3v) is 5.68.